The third kappa shape index (κ3) is 2.59. The summed E-state index contributed by atoms with van der Waals surface area (Å²) in [6.45, 7) is 1.39. The van der Waals surface area contributed by atoms with Crippen molar-refractivity contribution in [2.24, 2.45) is 5.73 Å². The van der Waals surface area contributed by atoms with E-state index in [2.05, 4.69) is 10.9 Å². The second kappa shape index (κ2) is 5.59. The summed E-state index contributed by atoms with van der Waals surface area (Å²) < 4.78 is 6.29. The lowest BCUT2D eigenvalue weighted by atomic mass is 9.90. The van der Waals surface area contributed by atoms with Crippen LogP contribution < -0.4 is 17.1 Å². The number of aromatic amines is 1. The molecule has 0 amide bonds. The molecule has 1 aliphatic heterocycles. The Kier molecular flexibility index (Phi) is 4.18. The van der Waals surface area contributed by atoms with Crippen molar-refractivity contribution in [3.63, 3.8) is 0 Å². The predicted molar refractivity (Wildman–Crippen MR) is 71.3 cm³/mol. The molecule has 10 heteroatoms. The number of hydrogen-bond acceptors (Lipinski definition) is 7. The molecule has 5 atom stereocenters. The second-order valence-electron chi connectivity index (χ2n) is 4.68. The fraction of sp³-hybridized carbons (Fsp3) is 0.545. The number of ether oxygens (including phenoxy) is 1. The minimum absolute atomic E-state index is 0.840. The van der Waals surface area contributed by atoms with E-state index in [1.165, 1.54) is 6.92 Å². The number of nitrogens with zero attached hydrogens (tertiary/aromatic N) is 2. The van der Waals surface area contributed by atoms with Crippen LogP contribution in [0.2, 0.25) is 0 Å². The Bertz CT molecular complexity index is 705. The van der Waals surface area contributed by atoms with E-state index in [4.69, 9.17) is 22.1 Å². The zero-order valence-electron chi connectivity index (χ0n) is 10.9. The Labute approximate surface area is 123 Å². The lowest BCUT2D eigenvalue weighted by Crippen LogP contribution is -2.55. The monoisotopic (exact) mass is 316 g/mol. The molecule has 1 fully saturated rings. The van der Waals surface area contributed by atoms with E-state index in [1.54, 1.807) is 0 Å². The average Bonchev–Trinajstić information content (AvgIpc) is 2.64. The van der Waals surface area contributed by atoms with Gasteiger partial charge in [-0.1, -0.05) is 5.92 Å². The highest BCUT2D eigenvalue weighted by molar-refractivity contribution is 6.30. The molecule has 5 N–H and O–H groups in total. The van der Waals surface area contributed by atoms with Gasteiger partial charge in [0.1, 0.15) is 18.5 Å². The van der Waals surface area contributed by atoms with Crippen molar-refractivity contribution >= 4 is 11.6 Å². The van der Waals surface area contributed by atoms with Crippen LogP contribution in [0.1, 0.15) is 13.2 Å². The number of H-pyrrole nitrogens is 1. The second-order valence-corrected chi connectivity index (χ2v) is 4.87. The fourth-order valence-corrected chi connectivity index (χ4v) is 2.33. The first-order valence-corrected chi connectivity index (χ1v) is 6.29. The van der Waals surface area contributed by atoms with Crippen LogP contribution in [-0.2, 0) is 4.74 Å². The Balaban J connectivity index is 2.56. The summed E-state index contributed by atoms with van der Waals surface area (Å²) >= 11 is 5.35. The molecule has 114 valence electrons. The molecule has 21 heavy (non-hydrogen) atoms. The van der Waals surface area contributed by atoms with E-state index in [0.29, 0.717) is 0 Å². The molecule has 1 aliphatic rings. The molecule has 9 nitrogen and oxygen atoms in total. The molecule has 0 spiro atoms. The minimum atomic E-state index is -1.76. The average molecular weight is 317 g/mol. The Morgan fingerprint density at radius 1 is 1.67 bits per heavy atom. The molecule has 0 aromatic carbocycles. The SMILES string of the molecule is C[C@@H](O)[C@H]1O[C@@H](n2cnc(=O)[nH]c2=O)[C@@](N)(C#CCl)C1O. The van der Waals surface area contributed by atoms with Gasteiger partial charge in [0, 0.05) is 5.38 Å². The smallest absolute Gasteiger partial charge is 0.350 e. The van der Waals surface area contributed by atoms with Crippen molar-refractivity contribution in [3.8, 4) is 11.3 Å². The predicted octanol–water partition coefficient (Wildman–Crippen LogP) is -2.53. The Hall–Kier alpha value is -1.70. The van der Waals surface area contributed by atoms with Gasteiger partial charge < -0.3 is 20.7 Å². The number of rotatable bonds is 2. The van der Waals surface area contributed by atoms with Crippen molar-refractivity contribution < 1.29 is 14.9 Å². The summed E-state index contributed by atoms with van der Waals surface area (Å²) in [5.41, 5.74) is 2.56. The molecule has 1 aromatic heterocycles. The molecule has 0 radical (unpaired) electrons. The van der Waals surface area contributed by atoms with Gasteiger partial charge in [-0.15, -0.1) is 0 Å². The van der Waals surface area contributed by atoms with Crippen molar-refractivity contribution in [1.82, 2.24) is 14.5 Å². The third-order valence-electron chi connectivity index (χ3n) is 3.23. The fourth-order valence-electron chi connectivity index (χ4n) is 2.17. The van der Waals surface area contributed by atoms with Gasteiger partial charge in [0.2, 0.25) is 0 Å². The summed E-state index contributed by atoms with van der Waals surface area (Å²) in [7, 11) is 0. The van der Waals surface area contributed by atoms with Crippen LogP contribution in [0.3, 0.4) is 0 Å². The molecule has 2 heterocycles. The van der Waals surface area contributed by atoms with Crippen LogP contribution in [0.15, 0.2) is 15.9 Å². The summed E-state index contributed by atoms with van der Waals surface area (Å²) in [5.74, 6) is 2.37. The highest BCUT2D eigenvalue weighted by Gasteiger charge is 2.56. The standard InChI is InChI=1S/C11H13ClN4O5/c1-5(17)6-7(18)11(13,2-3-12)8(21-6)16-4-14-9(19)15-10(16)20/h4-8,17-18H,13H2,1H3,(H,15,19,20)/t5-,6-,7?,8-,11-/m1/s1. The normalized spacial score (nSPS) is 33.3. The van der Waals surface area contributed by atoms with E-state index in [9.17, 15) is 19.8 Å². The molecule has 0 bridgehead atoms. The number of halogens is 1. The van der Waals surface area contributed by atoms with E-state index in [1.807, 2.05) is 10.4 Å². The molecule has 0 saturated carbocycles. The van der Waals surface area contributed by atoms with Gasteiger partial charge in [0.15, 0.2) is 11.8 Å². The van der Waals surface area contributed by atoms with Crippen molar-refractivity contribution in [2.45, 2.75) is 37.0 Å². The number of nitrogens with one attached hydrogen (secondary N) is 1. The maximum absolute atomic E-state index is 11.8. The van der Waals surface area contributed by atoms with Crippen molar-refractivity contribution in [1.29, 1.82) is 0 Å². The Morgan fingerprint density at radius 3 is 2.86 bits per heavy atom. The lowest BCUT2D eigenvalue weighted by molar-refractivity contribution is -0.0782. The van der Waals surface area contributed by atoms with Crippen LogP contribution in [0, 0.1) is 11.3 Å². The molecule has 2 rings (SSSR count). The van der Waals surface area contributed by atoms with Gasteiger partial charge in [-0.05, 0) is 18.5 Å². The maximum Gasteiger partial charge on any atom is 0.350 e. The van der Waals surface area contributed by atoms with Crippen LogP contribution in [0.5, 0.6) is 0 Å². The molecular weight excluding hydrogens is 304 g/mol. The molecular formula is C11H13ClN4O5. The summed E-state index contributed by atoms with van der Waals surface area (Å²) in [6.07, 6.45) is -3.93. The molecule has 0 aliphatic carbocycles. The zero-order valence-corrected chi connectivity index (χ0v) is 11.6. The first-order valence-electron chi connectivity index (χ1n) is 5.92. The summed E-state index contributed by atoms with van der Waals surface area (Å²) in [6, 6.07) is 0. The zero-order chi connectivity index (χ0) is 15.8. The largest absolute Gasteiger partial charge is 0.391 e. The van der Waals surface area contributed by atoms with Gasteiger partial charge in [0.25, 0.3) is 0 Å². The quantitative estimate of drug-likeness (QED) is 0.440. The van der Waals surface area contributed by atoms with E-state index in [0.717, 1.165) is 10.9 Å². The number of aromatic nitrogens is 3. The summed E-state index contributed by atoms with van der Waals surface area (Å²) in [4.78, 5) is 28.1. The van der Waals surface area contributed by atoms with Crippen LogP contribution in [-0.4, -0.2) is 48.6 Å². The van der Waals surface area contributed by atoms with Crippen LogP contribution in [0.25, 0.3) is 0 Å². The first kappa shape index (κ1) is 15.7. The topological polar surface area (TPSA) is 143 Å². The van der Waals surface area contributed by atoms with Crippen LogP contribution in [0.4, 0.5) is 0 Å². The van der Waals surface area contributed by atoms with Crippen molar-refractivity contribution in [2.75, 3.05) is 0 Å². The van der Waals surface area contributed by atoms with Crippen molar-refractivity contribution in [3.05, 3.63) is 27.3 Å². The van der Waals surface area contributed by atoms with Gasteiger partial charge in [-0.2, -0.15) is 4.98 Å². The number of hydrogen-bond donors (Lipinski definition) is 4. The van der Waals surface area contributed by atoms with Gasteiger partial charge in [-0.3, -0.25) is 9.55 Å². The van der Waals surface area contributed by atoms with E-state index < -0.39 is 41.5 Å². The number of nitrogens with two attached hydrogens (primary N) is 1. The Morgan fingerprint density at radius 2 is 2.33 bits per heavy atom. The summed E-state index contributed by atoms with van der Waals surface area (Å²) in [5, 5.41) is 21.9. The third-order valence-corrected chi connectivity index (χ3v) is 3.33. The lowest BCUT2D eigenvalue weighted by Gasteiger charge is -2.27. The molecule has 1 unspecified atom stereocenters. The van der Waals surface area contributed by atoms with E-state index >= 15 is 0 Å². The van der Waals surface area contributed by atoms with Gasteiger partial charge in [0.05, 0.1) is 6.10 Å². The highest BCUT2D eigenvalue weighted by Crippen LogP contribution is 2.36. The molecule has 1 aromatic rings. The number of aliphatic hydroxyl groups is 2. The van der Waals surface area contributed by atoms with E-state index in [-0.39, 0.29) is 0 Å². The van der Waals surface area contributed by atoms with Crippen LogP contribution >= 0.6 is 11.6 Å². The van der Waals surface area contributed by atoms with Gasteiger partial charge >= 0.3 is 11.4 Å². The highest BCUT2D eigenvalue weighted by atomic mass is 35.5. The first-order chi connectivity index (χ1) is 9.81. The number of aliphatic hydroxyl groups excluding tert-OH is 2. The molecule has 1 saturated heterocycles. The van der Waals surface area contributed by atoms with Gasteiger partial charge in [-0.25, -0.2) is 9.59 Å². The minimum Gasteiger partial charge on any atom is -0.391 e. The maximum atomic E-state index is 11.8.